The standard InChI is InChI=1S/C6H6N4/c7-4-1-8-2-5-6(4)10-3-9-5/h1-3H,7H2,(H,9,10)/p+1. The van der Waals surface area contributed by atoms with E-state index in [1.54, 1.807) is 12.5 Å². The lowest BCUT2D eigenvalue weighted by Gasteiger charge is -1.85. The number of nitrogen functional groups attached to an aromatic ring is 1. The molecule has 0 radical (unpaired) electrons. The number of nitrogens with one attached hydrogen (secondary N) is 2. The first-order chi connectivity index (χ1) is 4.88. The van der Waals surface area contributed by atoms with Crippen molar-refractivity contribution in [3.63, 3.8) is 0 Å². The summed E-state index contributed by atoms with van der Waals surface area (Å²) in [6.07, 6.45) is 5.15. The molecule has 0 aromatic carbocycles. The first-order valence-corrected chi connectivity index (χ1v) is 2.96. The molecule has 0 fully saturated rings. The number of nitrogens with zero attached hydrogens (tertiary/aromatic N) is 1. The summed E-state index contributed by atoms with van der Waals surface area (Å²) in [5, 5.41) is 0. The lowest BCUT2D eigenvalue weighted by molar-refractivity contribution is -0.375. The predicted octanol–water partition coefficient (Wildman–Crippen LogP) is -0.0408. The molecule has 0 saturated heterocycles. The number of anilines is 1. The van der Waals surface area contributed by atoms with E-state index in [0.29, 0.717) is 5.69 Å². The van der Waals surface area contributed by atoms with Crippen LogP contribution >= 0.6 is 0 Å². The molecule has 4 heteroatoms. The minimum atomic E-state index is 0.666. The number of aromatic amines is 2. The predicted molar refractivity (Wildman–Crippen MR) is 37.1 cm³/mol. The van der Waals surface area contributed by atoms with E-state index in [1.165, 1.54) is 0 Å². The van der Waals surface area contributed by atoms with E-state index < -0.39 is 0 Å². The average molecular weight is 135 g/mol. The third kappa shape index (κ3) is 0.556. The summed E-state index contributed by atoms with van der Waals surface area (Å²) in [4.78, 5) is 9.85. The van der Waals surface area contributed by atoms with Crippen molar-refractivity contribution < 1.29 is 4.98 Å². The van der Waals surface area contributed by atoms with Crippen molar-refractivity contribution in [3.05, 3.63) is 18.7 Å². The zero-order valence-corrected chi connectivity index (χ0v) is 5.26. The molecule has 10 heavy (non-hydrogen) atoms. The molecule has 50 valence electrons. The number of aromatic nitrogens is 3. The molecule has 2 heterocycles. The highest BCUT2D eigenvalue weighted by molar-refractivity contribution is 5.84. The summed E-state index contributed by atoms with van der Waals surface area (Å²) < 4.78 is 0. The third-order valence-electron chi connectivity index (χ3n) is 1.41. The van der Waals surface area contributed by atoms with Gasteiger partial charge in [-0.15, -0.1) is 0 Å². The van der Waals surface area contributed by atoms with Crippen LogP contribution in [0.4, 0.5) is 5.69 Å². The first-order valence-electron chi connectivity index (χ1n) is 2.96. The number of pyridine rings is 1. The molecule has 4 N–H and O–H groups in total. The number of fused-ring (bicyclic) bond motifs is 1. The number of nitrogens with two attached hydrogens (primary N) is 1. The fraction of sp³-hybridized carbons (Fsp3) is 0. The van der Waals surface area contributed by atoms with E-state index >= 15 is 0 Å². The molecule has 0 bridgehead atoms. The zero-order valence-electron chi connectivity index (χ0n) is 5.26. The largest absolute Gasteiger partial charge is 0.392 e. The van der Waals surface area contributed by atoms with E-state index in [2.05, 4.69) is 15.0 Å². The van der Waals surface area contributed by atoms with Crippen LogP contribution in [0.2, 0.25) is 0 Å². The van der Waals surface area contributed by atoms with Crippen LogP contribution in [0.25, 0.3) is 11.0 Å². The molecule has 0 amide bonds. The summed E-state index contributed by atoms with van der Waals surface area (Å²) >= 11 is 0. The molecule has 0 atom stereocenters. The number of imidazole rings is 1. The normalized spacial score (nSPS) is 10.4. The maximum atomic E-state index is 5.59. The molecule has 0 spiro atoms. The van der Waals surface area contributed by atoms with Crippen molar-refractivity contribution in [1.82, 2.24) is 9.97 Å². The summed E-state index contributed by atoms with van der Waals surface area (Å²) in [7, 11) is 0. The summed E-state index contributed by atoms with van der Waals surface area (Å²) in [6.45, 7) is 0. The second-order valence-corrected chi connectivity index (χ2v) is 2.08. The Morgan fingerprint density at radius 1 is 1.50 bits per heavy atom. The highest BCUT2D eigenvalue weighted by Crippen LogP contribution is 2.11. The van der Waals surface area contributed by atoms with E-state index in [9.17, 15) is 0 Å². The van der Waals surface area contributed by atoms with Crippen LogP contribution < -0.4 is 10.7 Å². The molecular formula is C6H7N4+. The van der Waals surface area contributed by atoms with Gasteiger partial charge in [0.1, 0.15) is 16.7 Å². The maximum Gasteiger partial charge on any atom is 0.193 e. The summed E-state index contributed by atoms with van der Waals surface area (Å²) in [5.74, 6) is 0. The van der Waals surface area contributed by atoms with Gasteiger partial charge in [-0.3, -0.25) is 0 Å². The zero-order chi connectivity index (χ0) is 6.97. The van der Waals surface area contributed by atoms with Gasteiger partial charge in [0.2, 0.25) is 0 Å². The van der Waals surface area contributed by atoms with Gasteiger partial charge < -0.3 is 10.7 Å². The van der Waals surface area contributed by atoms with Gasteiger partial charge in [0, 0.05) is 0 Å². The minimum Gasteiger partial charge on any atom is -0.392 e. The van der Waals surface area contributed by atoms with E-state index in [4.69, 9.17) is 5.73 Å². The van der Waals surface area contributed by atoms with Crippen LogP contribution in [-0.2, 0) is 0 Å². The Kier molecular flexibility index (Phi) is 0.887. The van der Waals surface area contributed by atoms with Crippen molar-refractivity contribution in [2.75, 3.05) is 5.73 Å². The first kappa shape index (κ1) is 5.22. The molecule has 2 aromatic heterocycles. The van der Waals surface area contributed by atoms with Crippen molar-refractivity contribution in [1.29, 1.82) is 0 Å². The van der Waals surface area contributed by atoms with E-state index in [-0.39, 0.29) is 0 Å². The molecule has 0 aliphatic rings. The van der Waals surface area contributed by atoms with Gasteiger partial charge in [0.05, 0.1) is 6.33 Å². The number of H-pyrrole nitrogens is 2. The number of hydrogen-bond donors (Lipinski definition) is 2. The molecule has 0 aliphatic carbocycles. The van der Waals surface area contributed by atoms with Gasteiger partial charge in [0.15, 0.2) is 12.4 Å². The lowest BCUT2D eigenvalue weighted by Crippen LogP contribution is -2.02. The lowest BCUT2D eigenvalue weighted by atomic mass is 10.4. The molecule has 2 rings (SSSR count). The van der Waals surface area contributed by atoms with E-state index in [1.807, 2.05) is 6.20 Å². The van der Waals surface area contributed by atoms with Crippen LogP contribution in [0.5, 0.6) is 0 Å². The Hall–Kier alpha value is -1.58. The maximum absolute atomic E-state index is 5.59. The Labute approximate surface area is 57.1 Å². The minimum absolute atomic E-state index is 0.666. The monoisotopic (exact) mass is 135 g/mol. The van der Waals surface area contributed by atoms with Crippen LogP contribution in [0.3, 0.4) is 0 Å². The van der Waals surface area contributed by atoms with Gasteiger partial charge in [-0.05, 0) is 0 Å². The molecule has 0 aliphatic heterocycles. The van der Waals surface area contributed by atoms with E-state index in [0.717, 1.165) is 11.0 Å². The fourth-order valence-corrected chi connectivity index (χ4v) is 0.927. The molecule has 2 aromatic rings. The molecule has 0 unspecified atom stereocenters. The van der Waals surface area contributed by atoms with Crippen molar-refractivity contribution in [2.24, 2.45) is 0 Å². The van der Waals surface area contributed by atoms with Crippen molar-refractivity contribution in [2.45, 2.75) is 0 Å². The fourth-order valence-electron chi connectivity index (χ4n) is 0.927. The van der Waals surface area contributed by atoms with Gasteiger partial charge in [-0.2, -0.15) is 0 Å². The Morgan fingerprint density at radius 2 is 2.40 bits per heavy atom. The second kappa shape index (κ2) is 1.70. The summed E-state index contributed by atoms with van der Waals surface area (Å²) in [6, 6.07) is 0. The molecule has 0 saturated carbocycles. The van der Waals surface area contributed by atoms with Crippen LogP contribution in [0, 0.1) is 0 Å². The highest BCUT2D eigenvalue weighted by atomic mass is 14.9. The SMILES string of the molecule is Nc1c[nH+]cc2[nH]cnc12. The number of hydrogen-bond acceptors (Lipinski definition) is 2. The second-order valence-electron chi connectivity index (χ2n) is 2.08. The Morgan fingerprint density at radius 3 is 3.20 bits per heavy atom. The Balaban J connectivity index is 2.95. The highest BCUT2D eigenvalue weighted by Gasteiger charge is 2.01. The quantitative estimate of drug-likeness (QED) is 0.532. The molecule has 4 nitrogen and oxygen atoms in total. The van der Waals surface area contributed by atoms with Crippen LogP contribution in [-0.4, -0.2) is 9.97 Å². The van der Waals surface area contributed by atoms with Gasteiger partial charge in [-0.1, -0.05) is 0 Å². The third-order valence-corrected chi connectivity index (χ3v) is 1.41. The van der Waals surface area contributed by atoms with Crippen molar-refractivity contribution in [3.8, 4) is 0 Å². The van der Waals surface area contributed by atoms with Gasteiger partial charge >= 0.3 is 0 Å². The van der Waals surface area contributed by atoms with Crippen molar-refractivity contribution >= 4 is 16.7 Å². The van der Waals surface area contributed by atoms with Crippen LogP contribution in [0.1, 0.15) is 0 Å². The molecular weight excluding hydrogens is 128 g/mol. The Bertz CT molecular complexity index is 351. The van der Waals surface area contributed by atoms with Gasteiger partial charge in [-0.25, -0.2) is 9.97 Å². The van der Waals surface area contributed by atoms with Gasteiger partial charge in [0.25, 0.3) is 0 Å². The summed E-state index contributed by atoms with van der Waals surface area (Å²) in [5.41, 5.74) is 8.00. The average Bonchev–Trinajstić information content (AvgIpc) is 2.36. The smallest absolute Gasteiger partial charge is 0.193 e. The number of rotatable bonds is 0. The van der Waals surface area contributed by atoms with Crippen LogP contribution in [0.15, 0.2) is 18.7 Å². The topological polar surface area (TPSA) is 68.8 Å².